The van der Waals surface area contributed by atoms with E-state index in [1.807, 2.05) is 18.2 Å². The molecular weight excluding hydrogens is 300 g/mol. The lowest BCUT2D eigenvalue weighted by molar-refractivity contribution is -0.131. The van der Waals surface area contributed by atoms with Crippen LogP contribution in [0.15, 0.2) is 24.3 Å². The number of halogens is 1. The Kier molecular flexibility index (Phi) is 5.85. The Hall–Kier alpha value is -1.99. The van der Waals surface area contributed by atoms with Gasteiger partial charge in [-0.15, -0.1) is 0 Å². The van der Waals surface area contributed by atoms with E-state index in [1.54, 1.807) is 22.8 Å². The summed E-state index contributed by atoms with van der Waals surface area (Å²) in [6.07, 6.45) is 1.06. The Morgan fingerprint density at radius 2 is 1.82 bits per heavy atom. The summed E-state index contributed by atoms with van der Waals surface area (Å²) in [5.41, 5.74) is 0.836. The Labute approximate surface area is 136 Å². The Balaban J connectivity index is 1.95. The van der Waals surface area contributed by atoms with Crippen LogP contribution in [0.2, 0.25) is 5.02 Å². The summed E-state index contributed by atoms with van der Waals surface area (Å²) in [7, 11) is 0. The molecule has 1 fully saturated rings. The molecule has 0 aromatic heterocycles. The molecule has 0 radical (unpaired) electrons. The second-order valence-corrected chi connectivity index (χ2v) is 5.58. The third-order valence-corrected chi connectivity index (χ3v) is 4.04. The van der Waals surface area contributed by atoms with Crippen molar-refractivity contribution < 1.29 is 9.59 Å². The minimum absolute atomic E-state index is 0.0453. The van der Waals surface area contributed by atoms with Crippen molar-refractivity contribution in [2.24, 2.45) is 0 Å². The van der Waals surface area contributed by atoms with Crippen LogP contribution in [-0.2, 0) is 16.0 Å². The van der Waals surface area contributed by atoms with Crippen LogP contribution in [0.1, 0.15) is 18.9 Å². The van der Waals surface area contributed by atoms with E-state index in [-0.39, 0.29) is 11.8 Å². The molecule has 0 N–H and O–H groups in total. The van der Waals surface area contributed by atoms with E-state index in [4.69, 9.17) is 11.6 Å². The van der Waals surface area contributed by atoms with Crippen LogP contribution < -0.4 is 0 Å². The molecule has 22 heavy (non-hydrogen) atoms. The number of hydrogen-bond donors (Lipinski definition) is 0. The minimum atomic E-state index is -0.164. The molecule has 0 unspecified atom stereocenters. The summed E-state index contributed by atoms with van der Waals surface area (Å²) in [6, 6.07) is 7.38. The molecule has 2 amide bonds. The highest BCUT2D eigenvalue weighted by Gasteiger charge is 2.21. The van der Waals surface area contributed by atoms with Crippen molar-refractivity contribution in [3.8, 4) is 11.8 Å². The van der Waals surface area contributed by atoms with Gasteiger partial charge >= 0.3 is 0 Å². The summed E-state index contributed by atoms with van der Waals surface area (Å²) in [5.74, 6) is 5.05. The van der Waals surface area contributed by atoms with Crippen LogP contribution in [0.25, 0.3) is 0 Å². The molecule has 1 heterocycles. The maximum Gasteiger partial charge on any atom is 0.298 e. The third kappa shape index (κ3) is 4.25. The van der Waals surface area contributed by atoms with Crippen LogP contribution in [0.5, 0.6) is 0 Å². The summed E-state index contributed by atoms with van der Waals surface area (Å²) >= 11 is 6.10. The van der Waals surface area contributed by atoms with Gasteiger partial charge in [-0.2, -0.15) is 0 Å². The minimum Gasteiger partial charge on any atom is -0.341 e. The number of nitrogens with zero attached hydrogens (tertiary/aromatic N) is 2. The van der Waals surface area contributed by atoms with Gasteiger partial charge in [-0.05, 0) is 30.9 Å². The molecule has 1 aliphatic rings. The van der Waals surface area contributed by atoms with E-state index < -0.39 is 0 Å². The van der Waals surface area contributed by atoms with Gasteiger partial charge in [-0.3, -0.25) is 9.59 Å². The quantitative estimate of drug-likeness (QED) is 0.782. The lowest BCUT2D eigenvalue weighted by Crippen LogP contribution is -2.37. The van der Waals surface area contributed by atoms with Crippen LogP contribution in [0.3, 0.4) is 0 Å². The van der Waals surface area contributed by atoms with Crippen molar-refractivity contribution in [2.45, 2.75) is 19.8 Å². The fraction of sp³-hybridized carbons (Fsp3) is 0.412. The van der Waals surface area contributed by atoms with E-state index in [0.29, 0.717) is 37.6 Å². The highest BCUT2D eigenvalue weighted by Crippen LogP contribution is 2.16. The topological polar surface area (TPSA) is 40.6 Å². The molecule has 4 nitrogen and oxygen atoms in total. The van der Waals surface area contributed by atoms with Crippen molar-refractivity contribution >= 4 is 23.4 Å². The lowest BCUT2D eigenvalue weighted by Gasteiger charge is -2.21. The summed E-state index contributed by atoms with van der Waals surface area (Å²) in [4.78, 5) is 27.7. The Bertz CT molecular complexity index is 619. The molecule has 1 aromatic rings. The Morgan fingerprint density at radius 3 is 2.55 bits per heavy atom. The zero-order chi connectivity index (χ0) is 15.9. The van der Waals surface area contributed by atoms with Gasteiger partial charge in [-0.1, -0.05) is 35.7 Å². The van der Waals surface area contributed by atoms with Gasteiger partial charge in [0.15, 0.2) is 0 Å². The summed E-state index contributed by atoms with van der Waals surface area (Å²) in [5, 5.41) is 0.612. The first-order chi connectivity index (χ1) is 10.6. The summed E-state index contributed by atoms with van der Waals surface area (Å²) in [6.45, 7) is 4.02. The van der Waals surface area contributed by atoms with E-state index in [2.05, 4.69) is 11.8 Å². The maximum absolute atomic E-state index is 12.4. The van der Waals surface area contributed by atoms with Crippen molar-refractivity contribution in [1.29, 1.82) is 0 Å². The lowest BCUT2D eigenvalue weighted by atomic mass is 10.1. The average Bonchev–Trinajstić information content (AvgIpc) is 2.76. The van der Waals surface area contributed by atoms with Gasteiger partial charge in [0.25, 0.3) is 5.91 Å². The van der Waals surface area contributed by atoms with Gasteiger partial charge < -0.3 is 9.80 Å². The van der Waals surface area contributed by atoms with Crippen molar-refractivity contribution in [3.63, 3.8) is 0 Å². The highest BCUT2D eigenvalue weighted by atomic mass is 35.5. The number of carbonyl (C=O) groups is 2. The fourth-order valence-electron chi connectivity index (χ4n) is 2.47. The third-order valence-electron chi connectivity index (χ3n) is 3.67. The zero-order valence-electron chi connectivity index (χ0n) is 12.6. The number of rotatable bonds is 2. The monoisotopic (exact) mass is 318 g/mol. The molecule has 0 aliphatic carbocycles. The van der Waals surface area contributed by atoms with Crippen LogP contribution >= 0.6 is 11.6 Å². The number of hydrogen-bond acceptors (Lipinski definition) is 2. The van der Waals surface area contributed by atoms with E-state index in [9.17, 15) is 9.59 Å². The van der Waals surface area contributed by atoms with Gasteiger partial charge in [0.05, 0.1) is 6.42 Å². The predicted octanol–water partition coefficient (Wildman–Crippen LogP) is 1.97. The van der Waals surface area contributed by atoms with E-state index >= 15 is 0 Å². The van der Waals surface area contributed by atoms with Crippen LogP contribution in [0, 0.1) is 11.8 Å². The largest absolute Gasteiger partial charge is 0.341 e. The van der Waals surface area contributed by atoms with E-state index in [0.717, 1.165) is 12.0 Å². The normalized spacial score (nSPS) is 14.8. The summed E-state index contributed by atoms with van der Waals surface area (Å²) < 4.78 is 0. The first-order valence-electron chi connectivity index (χ1n) is 7.34. The standard InChI is InChI=1S/C17H19ClN2O2/c1-2-6-16(21)19-9-5-10-20(12-11-19)17(22)13-14-7-3-4-8-15(14)18/h3-4,7-8H,5,9-13H2,1H3. The second kappa shape index (κ2) is 7.86. The molecule has 2 rings (SSSR count). The van der Waals surface area contributed by atoms with Crippen LogP contribution in [0.4, 0.5) is 0 Å². The predicted molar refractivity (Wildman–Crippen MR) is 86.4 cm³/mol. The molecular formula is C17H19ClN2O2. The first-order valence-corrected chi connectivity index (χ1v) is 7.72. The molecule has 0 atom stereocenters. The maximum atomic E-state index is 12.4. The molecule has 0 bridgehead atoms. The molecule has 5 heteroatoms. The molecule has 0 spiro atoms. The molecule has 1 saturated heterocycles. The molecule has 1 aromatic carbocycles. The zero-order valence-corrected chi connectivity index (χ0v) is 13.4. The van der Waals surface area contributed by atoms with Crippen molar-refractivity contribution in [2.75, 3.05) is 26.2 Å². The van der Waals surface area contributed by atoms with Crippen molar-refractivity contribution in [3.05, 3.63) is 34.9 Å². The molecule has 1 aliphatic heterocycles. The van der Waals surface area contributed by atoms with Gasteiger partial charge in [0, 0.05) is 31.2 Å². The number of carbonyl (C=O) groups excluding carboxylic acids is 2. The van der Waals surface area contributed by atoms with E-state index in [1.165, 1.54) is 0 Å². The highest BCUT2D eigenvalue weighted by molar-refractivity contribution is 6.31. The van der Waals surface area contributed by atoms with Gasteiger partial charge in [0.1, 0.15) is 0 Å². The fourth-order valence-corrected chi connectivity index (χ4v) is 2.67. The number of amides is 2. The number of benzene rings is 1. The van der Waals surface area contributed by atoms with Crippen LogP contribution in [-0.4, -0.2) is 47.8 Å². The van der Waals surface area contributed by atoms with Gasteiger partial charge in [-0.25, -0.2) is 0 Å². The molecule has 116 valence electrons. The Morgan fingerprint density at radius 1 is 1.14 bits per heavy atom. The van der Waals surface area contributed by atoms with Gasteiger partial charge in [0.2, 0.25) is 5.91 Å². The SMILES string of the molecule is CC#CC(=O)N1CCCN(C(=O)Cc2ccccc2Cl)CC1. The molecule has 0 saturated carbocycles. The second-order valence-electron chi connectivity index (χ2n) is 5.17. The average molecular weight is 319 g/mol. The van der Waals surface area contributed by atoms with Crippen molar-refractivity contribution in [1.82, 2.24) is 9.80 Å². The smallest absolute Gasteiger partial charge is 0.298 e. The first kappa shape index (κ1) is 16.4.